The third-order valence-electron chi connectivity index (χ3n) is 2.42. The highest BCUT2D eigenvalue weighted by atomic mass is 32.2. The molecule has 2 rings (SSSR count). The maximum Gasteiger partial charge on any atom is 0.196 e. The number of nitrogens with two attached hydrogens (primary N) is 1. The van der Waals surface area contributed by atoms with Gasteiger partial charge < -0.3 is 5.73 Å². The lowest BCUT2D eigenvalue weighted by Crippen LogP contribution is -2.21. The lowest BCUT2D eigenvalue weighted by atomic mass is 10.2. The first-order valence-electron chi connectivity index (χ1n) is 5.03. The summed E-state index contributed by atoms with van der Waals surface area (Å²) in [5.41, 5.74) is 6.22. The third kappa shape index (κ3) is 2.38. The topological polar surface area (TPSA) is 73.0 Å². The normalized spacial score (nSPS) is 13.5. The second-order valence-electron chi connectivity index (χ2n) is 3.49. The Morgan fingerprint density at radius 2 is 2.18 bits per heavy atom. The van der Waals surface area contributed by atoms with Crippen LogP contribution in [0.5, 0.6) is 0 Å². The summed E-state index contributed by atoms with van der Waals surface area (Å²) in [5, 5.41) is 1.01. The van der Waals surface area contributed by atoms with Crippen LogP contribution >= 0.6 is 11.3 Å². The average Bonchev–Trinajstić information content (AvgIpc) is 2.85. The molecule has 0 fully saturated rings. The summed E-state index contributed by atoms with van der Waals surface area (Å²) in [7, 11) is -3.41. The van der Waals surface area contributed by atoms with Crippen LogP contribution in [0.25, 0.3) is 0 Å². The fourth-order valence-electron chi connectivity index (χ4n) is 1.57. The molecule has 0 aliphatic carbocycles. The molecule has 0 radical (unpaired) electrons. The molecule has 2 aromatic rings. The number of pyridine rings is 1. The van der Waals surface area contributed by atoms with Crippen molar-refractivity contribution in [3.63, 3.8) is 0 Å². The molecule has 0 aliphatic heterocycles. The Morgan fingerprint density at radius 1 is 1.35 bits per heavy atom. The summed E-state index contributed by atoms with van der Waals surface area (Å²) in [6.45, 7) is 0.0475. The summed E-state index contributed by atoms with van der Waals surface area (Å²) in [5.74, 6) is 0. The number of aromatic nitrogens is 1. The lowest BCUT2D eigenvalue weighted by molar-refractivity contribution is 0.584. The van der Waals surface area contributed by atoms with Crippen molar-refractivity contribution in [2.75, 3.05) is 6.54 Å². The van der Waals surface area contributed by atoms with E-state index in [1.165, 1.54) is 11.3 Å². The summed E-state index contributed by atoms with van der Waals surface area (Å²) >= 11 is 1.20. The van der Waals surface area contributed by atoms with Gasteiger partial charge in [0.15, 0.2) is 9.84 Å². The van der Waals surface area contributed by atoms with Gasteiger partial charge in [0, 0.05) is 18.9 Å². The summed E-state index contributed by atoms with van der Waals surface area (Å²) in [4.78, 5) is 3.93. The standard InChI is InChI=1S/C11H12N2O2S2/c12-7-10(9-3-1-5-13-8-9)17(14,15)11-4-2-6-16-11/h1-6,8,10H,7,12H2. The molecule has 0 spiro atoms. The van der Waals surface area contributed by atoms with Crippen LogP contribution in [-0.2, 0) is 9.84 Å². The quantitative estimate of drug-likeness (QED) is 0.914. The van der Waals surface area contributed by atoms with E-state index < -0.39 is 15.1 Å². The second-order valence-corrected chi connectivity index (χ2v) is 6.79. The van der Waals surface area contributed by atoms with Gasteiger partial charge in [0.2, 0.25) is 0 Å². The van der Waals surface area contributed by atoms with Crippen molar-refractivity contribution in [3.8, 4) is 0 Å². The molecule has 6 heteroatoms. The van der Waals surface area contributed by atoms with Crippen molar-refractivity contribution in [3.05, 3.63) is 47.6 Å². The van der Waals surface area contributed by atoms with Gasteiger partial charge in [-0.15, -0.1) is 11.3 Å². The molecule has 1 atom stereocenters. The molecule has 2 heterocycles. The van der Waals surface area contributed by atoms with Gasteiger partial charge in [-0.25, -0.2) is 8.42 Å². The monoisotopic (exact) mass is 268 g/mol. The van der Waals surface area contributed by atoms with Gasteiger partial charge in [0.05, 0.1) is 0 Å². The Bertz CT molecular complexity index is 565. The van der Waals surface area contributed by atoms with Gasteiger partial charge in [0.25, 0.3) is 0 Å². The highest BCUT2D eigenvalue weighted by Gasteiger charge is 2.28. The van der Waals surface area contributed by atoms with Gasteiger partial charge in [-0.3, -0.25) is 4.98 Å². The van der Waals surface area contributed by atoms with Crippen molar-refractivity contribution >= 4 is 21.2 Å². The molecule has 0 saturated heterocycles. The zero-order chi connectivity index (χ0) is 12.3. The van der Waals surface area contributed by atoms with E-state index in [-0.39, 0.29) is 6.54 Å². The minimum absolute atomic E-state index is 0.0475. The molecule has 1 unspecified atom stereocenters. The number of rotatable bonds is 4. The van der Waals surface area contributed by atoms with Crippen LogP contribution in [0.4, 0.5) is 0 Å². The van der Waals surface area contributed by atoms with Crippen LogP contribution in [-0.4, -0.2) is 19.9 Å². The van der Waals surface area contributed by atoms with Crippen molar-refractivity contribution in [1.82, 2.24) is 4.98 Å². The SMILES string of the molecule is NCC(c1cccnc1)S(=O)(=O)c1cccs1. The van der Waals surface area contributed by atoms with E-state index in [0.717, 1.165) is 0 Å². The second kappa shape index (κ2) is 4.95. The zero-order valence-electron chi connectivity index (χ0n) is 8.98. The summed E-state index contributed by atoms with van der Waals surface area (Å²) < 4.78 is 25.0. The number of sulfone groups is 1. The number of nitrogens with zero attached hydrogens (tertiary/aromatic N) is 1. The van der Waals surface area contributed by atoms with Gasteiger partial charge in [-0.05, 0) is 23.1 Å². The number of hydrogen-bond acceptors (Lipinski definition) is 5. The predicted octanol–water partition coefficient (Wildman–Crippen LogP) is 1.62. The van der Waals surface area contributed by atoms with E-state index in [0.29, 0.717) is 9.77 Å². The Hall–Kier alpha value is -1.24. The first-order chi connectivity index (χ1) is 8.16. The molecular weight excluding hydrogens is 256 g/mol. The maximum atomic E-state index is 12.3. The molecular formula is C11H12N2O2S2. The molecule has 2 aromatic heterocycles. The lowest BCUT2D eigenvalue weighted by Gasteiger charge is -2.14. The Morgan fingerprint density at radius 3 is 2.71 bits per heavy atom. The Balaban J connectivity index is 2.44. The van der Waals surface area contributed by atoms with E-state index in [9.17, 15) is 8.42 Å². The molecule has 0 aromatic carbocycles. The van der Waals surface area contributed by atoms with Crippen molar-refractivity contribution in [1.29, 1.82) is 0 Å². The minimum Gasteiger partial charge on any atom is -0.329 e. The highest BCUT2D eigenvalue weighted by Crippen LogP contribution is 2.30. The van der Waals surface area contributed by atoms with Gasteiger partial charge >= 0.3 is 0 Å². The molecule has 0 amide bonds. The van der Waals surface area contributed by atoms with Crippen molar-refractivity contribution in [2.24, 2.45) is 5.73 Å². The Labute approximate surface area is 104 Å². The zero-order valence-corrected chi connectivity index (χ0v) is 10.6. The number of hydrogen-bond donors (Lipinski definition) is 1. The van der Waals surface area contributed by atoms with Crippen molar-refractivity contribution < 1.29 is 8.42 Å². The molecule has 17 heavy (non-hydrogen) atoms. The maximum absolute atomic E-state index is 12.3. The molecule has 4 nitrogen and oxygen atoms in total. The van der Waals surface area contributed by atoms with Crippen LogP contribution in [0.15, 0.2) is 46.2 Å². The average molecular weight is 268 g/mol. The largest absolute Gasteiger partial charge is 0.329 e. The Kier molecular flexibility index (Phi) is 3.56. The highest BCUT2D eigenvalue weighted by molar-refractivity contribution is 7.93. The van der Waals surface area contributed by atoms with Crippen LogP contribution in [0.1, 0.15) is 10.8 Å². The fourth-order valence-corrected chi connectivity index (χ4v) is 4.37. The number of thiophene rings is 1. The summed E-state index contributed by atoms with van der Waals surface area (Å²) in [6, 6.07) is 6.75. The molecule has 90 valence electrons. The van der Waals surface area contributed by atoms with Gasteiger partial charge in [-0.1, -0.05) is 12.1 Å². The van der Waals surface area contributed by atoms with Crippen LogP contribution in [0, 0.1) is 0 Å². The molecule has 0 aliphatic rings. The minimum atomic E-state index is -3.41. The fraction of sp³-hybridized carbons (Fsp3) is 0.182. The van der Waals surface area contributed by atoms with E-state index in [1.54, 1.807) is 42.0 Å². The van der Waals surface area contributed by atoms with Gasteiger partial charge in [0.1, 0.15) is 9.46 Å². The van der Waals surface area contributed by atoms with Gasteiger partial charge in [-0.2, -0.15) is 0 Å². The predicted molar refractivity (Wildman–Crippen MR) is 67.5 cm³/mol. The van der Waals surface area contributed by atoms with Crippen molar-refractivity contribution in [2.45, 2.75) is 9.46 Å². The first kappa shape index (κ1) is 12.2. The van der Waals surface area contributed by atoms with E-state index in [1.807, 2.05) is 0 Å². The third-order valence-corrected chi connectivity index (χ3v) is 5.98. The van der Waals surface area contributed by atoms with Crippen LogP contribution < -0.4 is 5.73 Å². The van der Waals surface area contributed by atoms with E-state index in [2.05, 4.69) is 4.98 Å². The molecule has 0 saturated carbocycles. The van der Waals surface area contributed by atoms with E-state index >= 15 is 0 Å². The first-order valence-corrected chi connectivity index (χ1v) is 7.46. The van der Waals surface area contributed by atoms with Crippen LogP contribution in [0.2, 0.25) is 0 Å². The molecule has 2 N–H and O–H groups in total. The van der Waals surface area contributed by atoms with E-state index in [4.69, 9.17) is 5.73 Å². The molecule has 0 bridgehead atoms. The summed E-state index contributed by atoms with van der Waals surface area (Å²) in [6.07, 6.45) is 3.15. The smallest absolute Gasteiger partial charge is 0.196 e. The van der Waals surface area contributed by atoms with Crippen LogP contribution in [0.3, 0.4) is 0 Å².